The molecule has 1 fully saturated rings. The van der Waals surface area contributed by atoms with E-state index in [9.17, 15) is 19.8 Å². The van der Waals surface area contributed by atoms with Crippen LogP contribution in [-0.4, -0.2) is 57.7 Å². The van der Waals surface area contributed by atoms with Crippen LogP contribution in [0.5, 0.6) is 0 Å². The van der Waals surface area contributed by atoms with E-state index < -0.39 is 46.7 Å². The molecule has 0 saturated heterocycles. The predicted octanol–water partition coefficient (Wildman–Crippen LogP) is 2.70. The predicted molar refractivity (Wildman–Crippen MR) is 120 cm³/mol. The minimum atomic E-state index is -1.68. The standard InChI is InChI=1S/C26H31NO7/c1-14-7-5-9-17-24(14,2)21(34-22(29)15-8-6-10-27-12-15)20(28)26(4,31)25(17,3)18-11-16-13-32-23(30)19(16)33-18/h6-8,10,12,17-18,20-21,28,31H,5,9,11,13H2,1-4H3/t17-,18+,20-,21-,24-,25-,26-/m1/s1. The molecule has 182 valence electrons. The number of nitrogens with zero attached hydrogens (tertiary/aromatic N) is 1. The zero-order valence-corrected chi connectivity index (χ0v) is 19.9. The molecule has 0 unspecified atom stereocenters. The van der Waals surface area contributed by atoms with E-state index in [0.29, 0.717) is 12.8 Å². The number of ether oxygens (including phenoxy) is 3. The van der Waals surface area contributed by atoms with Gasteiger partial charge in [-0.25, -0.2) is 9.59 Å². The fourth-order valence-corrected chi connectivity index (χ4v) is 6.76. The second-order valence-corrected chi connectivity index (χ2v) is 10.6. The molecule has 0 aromatic carbocycles. The van der Waals surface area contributed by atoms with Gasteiger partial charge in [0.05, 0.1) is 5.56 Å². The third-order valence-electron chi connectivity index (χ3n) is 9.12. The second kappa shape index (κ2) is 7.65. The molecule has 8 nitrogen and oxygen atoms in total. The average molecular weight is 470 g/mol. The van der Waals surface area contributed by atoms with Crippen molar-refractivity contribution in [3.8, 4) is 0 Å². The molecule has 7 atom stereocenters. The number of hydrogen-bond donors (Lipinski definition) is 2. The van der Waals surface area contributed by atoms with Crippen LogP contribution in [0.3, 0.4) is 0 Å². The molecule has 0 radical (unpaired) electrons. The number of aliphatic hydroxyl groups excluding tert-OH is 1. The molecule has 8 heteroatoms. The van der Waals surface area contributed by atoms with E-state index >= 15 is 0 Å². The molecule has 1 aromatic rings. The molecule has 4 aliphatic rings. The van der Waals surface area contributed by atoms with Crippen molar-refractivity contribution in [2.24, 2.45) is 16.7 Å². The highest BCUT2D eigenvalue weighted by Gasteiger charge is 2.72. The molecular formula is C26H31NO7. The van der Waals surface area contributed by atoms with Gasteiger partial charge in [0, 0.05) is 35.2 Å². The highest BCUT2D eigenvalue weighted by atomic mass is 16.6. The van der Waals surface area contributed by atoms with Crippen molar-refractivity contribution in [1.29, 1.82) is 0 Å². The molecule has 3 heterocycles. The number of allylic oxidation sites excluding steroid dienone is 1. The van der Waals surface area contributed by atoms with Crippen molar-refractivity contribution in [1.82, 2.24) is 4.98 Å². The number of carbonyl (C=O) groups is 2. The zero-order chi connectivity index (χ0) is 24.5. The first-order valence-electron chi connectivity index (χ1n) is 11.8. The molecule has 1 aromatic heterocycles. The van der Waals surface area contributed by atoms with Crippen LogP contribution in [0.2, 0.25) is 0 Å². The molecule has 2 N–H and O–H groups in total. The van der Waals surface area contributed by atoms with Crippen LogP contribution in [0.15, 0.2) is 47.5 Å². The summed E-state index contributed by atoms with van der Waals surface area (Å²) < 4.78 is 17.2. The summed E-state index contributed by atoms with van der Waals surface area (Å²) in [6.45, 7) is 7.67. The number of aromatic nitrogens is 1. The molecule has 2 aliphatic carbocycles. The van der Waals surface area contributed by atoms with Gasteiger partial charge >= 0.3 is 11.9 Å². The summed E-state index contributed by atoms with van der Waals surface area (Å²) in [5.74, 6) is -1.05. The Balaban J connectivity index is 1.56. The summed E-state index contributed by atoms with van der Waals surface area (Å²) in [6, 6.07) is 3.25. The summed E-state index contributed by atoms with van der Waals surface area (Å²) in [5.41, 5.74) is -1.33. The monoisotopic (exact) mass is 469 g/mol. The first-order valence-corrected chi connectivity index (χ1v) is 11.8. The van der Waals surface area contributed by atoms with Gasteiger partial charge in [0.15, 0.2) is 0 Å². The first-order chi connectivity index (χ1) is 16.0. The lowest BCUT2D eigenvalue weighted by atomic mass is 9.43. The fraction of sp³-hybridized carbons (Fsp3) is 0.577. The number of hydrogen-bond acceptors (Lipinski definition) is 8. The van der Waals surface area contributed by atoms with Gasteiger partial charge in [0.25, 0.3) is 0 Å². The molecule has 0 bridgehead atoms. The molecule has 1 saturated carbocycles. The summed E-state index contributed by atoms with van der Waals surface area (Å²) >= 11 is 0. The molecule has 0 amide bonds. The van der Waals surface area contributed by atoms with Crippen LogP contribution < -0.4 is 0 Å². The Hall–Kier alpha value is -2.71. The number of pyridine rings is 1. The Bertz CT molecular complexity index is 1090. The summed E-state index contributed by atoms with van der Waals surface area (Å²) in [4.78, 5) is 29.1. The minimum absolute atomic E-state index is 0.192. The average Bonchev–Trinajstić information content (AvgIpc) is 3.40. The van der Waals surface area contributed by atoms with Gasteiger partial charge in [-0.2, -0.15) is 0 Å². The molecule has 5 rings (SSSR count). The van der Waals surface area contributed by atoms with Gasteiger partial charge in [-0.05, 0) is 44.7 Å². The highest BCUT2D eigenvalue weighted by molar-refractivity contribution is 5.90. The summed E-state index contributed by atoms with van der Waals surface area (Å²) in [5, 5.41) is 23.6. The third kappa shape index (κ3) is 2.94. The molecular weight excluding hydrogens is 438 g/mol. The third-order valence-corrected chi connectivity index (χ3v) is 9.12. The van der Waals surface area contributed by atoms with Crippen molar-refractivity contribution < 1.29 is 34.0 Å². The number of fused-ring (bicyclic) bond motifs is 1. The van der Waals surface area contributed by atoms with Gasteiger partial charge in [0.1, 0.15) is 30.5 Å². The lowest BCUT2D eigenvalue weighted by Gasteiger charge is -2.65. The Morgan fingerprint density at radius 2 is 2.06 bits per heavy atom. The lowest BCUT2D eigenvalue weighted by Crippen LogP contribution is -2.74. The van der Waals surface area contributed by atoms with E-state index in [1.165, 1.54) is 6.20 Å². The fourth-order valence-electron chi connectivity index (χ4n) is 6.76. The van der Waals surface area contributed by atoms with Crippen LogP contribution in [-0.2, 0) is 19.0 Å². The quantitative estimate of drug-likeness (QED) is 0.513. The Morgan fingerprint density at radius 1 is 1.29 bits per heavy atom. The number of cyclic esters (lactones) is 1. The van der Waals surface area contributed by atoms with Crippen LogP contribution in [0.25, 0.3) is 0 Å². The van der Waals surface area contributed by atoms with Crippen LogP contribution >= 0.6 is 0 Å². The van der Waals surface area contributed by atoms with Gasteiger partial charge < -0.3 is 24.4 Å². The van der Waals surface area contributed by atoms with Gasteiger partial charge in [-0.1, -0.05) is 25.5 Å². The zero-order valence-electron chi connectivity index (χ0n) is 19.9. The maximum Gasteiger partial charge on any atom is 0.374 e. The van der Waals surface area contributed by atoms with Crippen molar-refractivity contribution in [2.45, 2.75) is 70.9 Å². The molecule has 2 aliphatic heterocycles. The number of aliphatic hydroxyl groups is 2. The SMILES string of the molecule is CC1=CCC[C@@H]2[C@]1(C)[C@H](OC(=O)c1cccnc1)[C@@H](O)[C@@](C)(O)[C@@]2(C)[C@@H]1CC2=C(O1)C(=O)OC2. The number of carbonyl (C=O) groups excluding carboxylic acids is 2. The number of esters is 2. The molecule has 34 heavy (non-hydrogen) atoms. The van der Waals surface area contributed by atoms with Crippen molar-refractivity contribution in [3.63, 3.8) is 0 Å². The summed E-state index contributed by atoms with van der Waals surface area (Å²) in [6.07, 6.45) is 4.12. The summed E-state index contributed by atoms with van der Waals surface area (Å²) in [7, 11) is 0. The van der Waals surface area contributed by atoms with Crippen molar-refractivity contribution >= 4 is 11.9 Å². The first kappa shape index (κ1) is 23.1. The number of rotatable bonds is 3. The van der Waals surface area contributed by atoms with Gasteiger partial charge in [-0.3, -0.25) is 4.98 Å². The van der Waals surface area contributed by atoms with E-state index in [1.807, 2.05) is 20.8 Å². The largest absolute Gasteiger partial charge is 0.482 e. The van der Waals surface area contributed by atoms with Crippen LogP contribution in [0.4, 0.5) is 0 Å². The van der Waals surface area contributed by atoms with Gasteiger partial charge in [-0.15, -0.1) is 0 Å². The molecule has 0 spiro atoms. The van der Waals surface area contributed by atoms with Crippen molar-refractivity contribution in [2.75, 3.05) is 6.61 Å². The maximum absolute atomic E-state index is 13.0. The van der Waals surface area contributed by atoms with Crippen molar-refractivity contribution in [3.05, 3.63) is 53.1 Å². The normalized spacial score (nSPS) is 41.2. The lowest BCUT2D eigenvalue weighted by molar-refractivity contribution is -0.288. The minimum Gasteiger partial charge on any atom is -0.482 e. The second-order valence-electron chi connectivity index (χ2n) is 10.6. The van der Waals surface area contributed by atoms with E-state index in [-0.39, 0.29) is 23.8 Å². The van der Waals surface area contributed by atoms with Gasteiger partial charge in [0.2, 0.25) is 5.76 Å². The van der Waals surface area contributed by atoms with Crippen LogP contribution in [0, 0.1) is 16.7 Å². The van der Waals surface area contributed by atoms with E-state index in [1.54, 1.807) is 25.3 Å². The topological polar surface area (TPSA) is 115 Å². The van der Waals surface area contributed by atoms with E-state index in [2.05, 4.69) is 11.1 Å². The Labute approximate surface area is 198 Å². The Kier molecular flexibility index (Phi) is 5.19. The highest BCUT2D eigenvalue weighted by Crippen LogP contribution is 2.65. The maximum atomic E-state index is 13.0. The van der Waals surface area contributed by atoms with E-state index in [0.717, 1.165) is 17.6 Å². The van der Waals surface area contributed by atoms with Crippen LogP contribution in [0.1, 0.15) is 57.3 Å². The van der Waals surface area contributed by atoms with E-state index in [4.69, 9.17) is 14.2 Å². The Morgan fingerprint density at radius 3 is 2.74 bits per heavy atom. The smallest absolute Gasteiger partial charge is 0.374 e.